The molecule has 1 heterocycles. The Morgan fingerprint density at radius 2 is 1.95 bits per heavy atom. The molecule has 5 nitrogen and oxygen atoms in total. The highest BCUT2D eigenvalue weighted by Crippen LogP contribution is 2.19. The smallest absolute Gasteiger partial charge is 0.335 e. The van der Waals surface area contributed by atoms with Gasteiger partial charge in [-0.3, -0.25) is 0 Å². The Morgan fingerprint density at radius 3 is 2.57 bits per heavy atom. The van der Waals surface area contributed by atoms with Crippen LogP contribution in [0.4, 0.5) is 4.39 Å². The first-order valence-electron chi connectivity index (χ1n) is 6.88. The van der Waals surface area contributed by atoms with Gasteiger partial charge in [0.1, 0.15) is 10.7 Å². The number of likely N-dealkylation sites (tertiary alicyclic amines) is 1. The van der Waals surface area contributed by atoms with Gasteiger partial charge in [-0.15, -0.1) is 0 Å². The van der Waals surface area contributed by atoms with Crippen molar-refractivity contribution in [2.45, 2.75) is 24.2 Å². The molecule has 0 aromatic heterocycles. The monoisotopic (exact) mass is 315 g/mol. The van der Waals surface area contributed by atoms with Crippen molar-refractivity contribution in [2.24, 2.45) is 0 Å². The molecule has 116 valence electrons. The lowest BCUT2D eigenvalue weighted by atomic mass is 10.2. The second-order valence-corrected chi connectivity index (χ2v) is 7.25. The van der Waals surface area contributed by atoms with Gasteiger partial charge in [-0.2, -0.15) is 0 Å². The molecule has 0 atom stereocenters. The normalized spacial score (nSPS) is 16.2. The summed E-state index contributed by atoms with van der Waals surface area (Å²) in [6, 6.07) is 2.83. The largest absolute Gasteiger partial charge is 0.478 e. The van der Waals surface area contributed by atoms with Gasteiger partial charge in [0.15, 0.2) is 9.84 Å². The Morgan fingerprint density at radius 1 is 1.29 bits per heavy atom. The molecular formula is C14H18FNO4S. The highest BCUT2D eigenvalue weighted by molar-refractivity contribution is 7.91. The molecule has 21 heavy (non-hydrogen) atoms. The molecular weight excluding hydrogens is 297 g/mol. The SMILES string of the molecule is O=C(O)c1ccc(F)c(S(=O)(=O)CCCN2CCCC2)c1. The van der Waals surface area contributed by atoms with Crippen molar-refractivity contribution >= 4 is 15.8 Å². The van der Waals surface area contributed by atoms with Gasteiger partial charge in [-0.1, -0.05) is 0 Å². The van der Waals surface area contributed by atoms with E-state index >= 15 is 0 Å². The molecule has 0 bridgehead atoms. The van der Waals surface area contributed by atoms with Crippen LogP contribution < -0.4 is 0 Å². The molecule has 1 aromatic carbocycles. The molecule has 1 aromatic rings. The zero-order chi connectivity index (χ0) is 15.5. The summed E-state index contributed by atoms with van der Waals surface area (Å²) in [5, 5.41) is 8.86. The number of carbonyl (C=O) groups is 1. The van der Waals surface area contributed by atoms with Crippen molar-refractivity contribution in [3.63, 3.8) is 0 Å². The molecule has 0 aliphatic carbocycles. The highest BCUT2D eigenvalue weighted by Gasteiger charge is 2.21. The topological polar surface area (TPSA) is 74.7 Å². The van der Waals surface area contributed by atoms with Gasteiger partial charge in [0.05, 0.1) is 11.3 Å². The summed E-state index contributed by atoms with van der Waals surface area (Å²) < 4.78 is 38.0. The number of carboxylic acid groups (broad SMARTS) is 1. The molecule has 0 unspecified atom stereocenters. The van der Waals surface area contributed by atoms with Crippen LogP contribution in [0.3, 0.4) is 0 Å². The number of benzene rings is 1. The van der Waals surface area contributed by atoms with E-state index in [4.69, 9.17) is 5.11 Å². The number of sulfone groups is 1. The summed E-state index contributed by atoms with van der Waals surface area (Å²) in [6.07, 6.45) is 2.67. The highest BCUT2D eigenvalue weighted by atomic mass is 32.2. The van der Waals surface area contributed by atoms with Gasteiger partial charge >= 0.3 is 5.97 Å². The van der Waals surface area contributed by atoms with Crippen LogP contribution in [-0.4, -0.2) is 49.8 Å². The number of hydrogen-bond acceptors (Lipinski definition) is 4. The number of nitrogens with zero attached hydrogens (tertiary/aromatic N) is 1. The van der Waals surface area contributed by atoms with E-state index in [2.05, 4.69) is 4.90 Å². The summed E-state index contributed by atoms with van der Waals surface area (Å²) in [6.45, 7) is 2.62. The van der Waals surface area contributed by atoms with E-state index in [0.29, 0.717) is 13.0 Å². The molecule has 0 amide bonds. The lowest BCUT2D eigenvalue weighted by Gasteiger charge is -2.14. The van der Waals surface area contributed by atoms with Gasteiger partial charge in [-0.25, -0.2) is 17.6 Å². The molecule has 1 fully saturated rings. The van der Waals surface area contributed by atoms with Crippen molar-refractivity contribution < 1.29 is 22.7 Å². The fraction of sp³-hybridized carbons (Fsp3) is 0.500. The quantitative estimate of drug-likeness (QED) is 0.866. The molecule has 7 heteroatoms. The Kier molecular flexibility index (Phi) is 4.95. The Balaban J connectivity index is 2.07. The lowest BCUT2D eigenvalue weighted by Crippen LogP contribution is -2.23. The first kappa shape index (κ1) is 15.9. The third-order valence-electron chi connectivity index (χ3n) is 3.60. The second kappa shape index (κ2) is 6.53. The van der Waals surface area contributed by atoms with E-state index in [9.17, 15) is 17.6 Å². The Hall–Kier alpha value is -1.47. The number of aromatic carboxylic acids is 1. The summed E-state index contributed by atoms with van der Waals surface area (Å²) in [7, 11) is -3.80. The van der Waals surface area contributed by atoms with Crippen molar-refractivity contribution in [3.8, 4) is 0 Å². The van der Waals surface area contributed by atoms with Crippen LogP contribution >= 0.6 is 0 Å². The van der Waals surface area contributed by atoms with Gasteiger partial charge < -0.3 is 10.0 Å². The van der Waals surface area contributed by atoms with E-state index in [1.807, 2.05) is 0 Å². The molecule has 0 spiro atoms. The first-order valence-corrected chi connectivity index (χ1v) is 8.53. The molecule has 0 saturated carbocycles. The van der Waals surface area contributed by atoms with Crippen LogP contribution in [0.25, 0.3) is 0 Å². The van der Waals surface area contributed by atoms with Crippen LogP contribution in [-0.2, 0) is 9.84 Å². The zero-order valence-electron chi connectivity index (χ0n) is 11.6. The molecule has 1 N–H and O–H groups in total. The van der Waals surface area contributed by atoms with E-state index in [1.54, 1.807) is 0 Å². The molecule has 2 rings (SSSR count). The third-order valence-corrected chi connectivity index (χ3v) is 5.41. The molecule has 1 aliphatic heterocycles. The maximum absolute atomic E-state index is 13.7. The number of halogens is 1. The minimum atomic E-state index is -3.80. The number of rotatable bonds is 6. The molecule has 0 radical (unpaired) electrons. The predicted molar refractivity (Wildman–Crippen MR) is 75.7 cm³/mol. The zero-order valence-corrected chi connectivity index (χ0v) is 12.4. The summed E-state index contributed by atoms with van der Waals surface area (Å²) in [5.74, 6) is -2.35. The van der Waals surface area contributed by atoms with E-state index in [1.165, 1.54) is 0 Å². The Labute approximate surface area is 123 Å². The minimum Gasteiger partial charge on any atom is -0.478 e. The van der Waals surface area contributed by atoms with Gasteiger partial charge in [0, 0.05) is 0 Å². The summed E-state index contributed by atoms with van der Waals surface area (Å²) in [5.41, 5.74) is -0.227. The predicted octanol–water partition coefficient (Wildman–Crippen LogP) is 1.78. The van der Waals surface area contributed by atoms with Crippen molar-refractivity contribution in [2.75, 3.05) is 25.4 Å². The molecule has 1 saturated heterocycles. The Bertz CT molecular complexity index is 624. The lowest BCUT2D eigenvalue weighted by molar-refractivity contribution is 0.0696. The average Bonchev–Trinajstić information content (AvgIpc) is 2.91. The number of carboxylic acids is 1. The molecule has 1 aliphatic rings. The maximum Gasteiger partial charge on any atom is 0.335 e. The van der Waals surface area contributed by atoms with Gasteiger partial charge in [0.2, 0.25) is 0 Å². The van der Waals surface area contributed by atoms with E-state index in [-0.39, 0.29) is 11.3 Å². The van der Waals surface area contributed by atoms with Crippen LogP contribution in [0.2, 0.25) is 0 Å². The van der Waals surface area contributed by atoms with Gasteiger partial charge in [0.25, 0.3) is 0 Å². The van der Waals surface area contributed by atoms with Gasteiger partial charge in [-0.05, 0) is 57.1 Å². The maximum atomic E-state index is 13.7. The van der Waals surface area contributed by atoms with Crippen molar-refractivity contribution in [1.82, 2.24) is 4.90 Å². The van der Waals surface area contributed by atoms with Crippen LogP contribution in [0.5, 0.6) is 0 Å². The first-order chi connectivity index (χ1) is 9.90. The van der Waals surface area contributed by atoms with Crippen LogP contribution in [0.15, 0.2) is 23.1 Å². The van der Waals surface area contributed by atoms with E-state index < -0.39 is 26.5 Å². The van der Waals surface area contributed by atoms with E-state index in [0.717, 1.165) is 44.1 Å². The summed E-state index contributed by atoms with van der Waals surface area (Å²) >= 11 is 0. The average molecular weight is 315 g/mol. The standard InChI is InChI=1S/C14H18FNO4S/c15-12-5-4-11(14(17)18)10-13(12)21(19,20)9-3-8-16-6-1-2-7-16/h4-5,10H,1-3,6-9H2,(H,17,18). The fourth-order valence-electron chi connectivity index (χ4n) is 2.47. The van der Waals surface area contributed by atoms with Crippen molar-refractivity contribution in [1.29, 1.82) is 0 Å². The van der Waals surface area contributed by atoms with Crippen LogP contribution in [0.1, 0.15) is 29.6 Å². The third kappa shape index (κ3) is 4.01. The number of hydrogen-bond donors (Lipinski definition) is 1. The second-order valence-electron chi connectivity index (χ2n) is 5.17. The van der Waals surface area contributed by atoms with Crippen LogP contribution in [0, 0.1) is 5.82 Å². The minimum absolute atomic E-state index is 0.177. The summed E-state index contributed by atoms with van der Waals surface area (Å²) in [4.78, 5) is 12.5. The van der Waals surface area contributed by atoms with Crippen molar-refractivity contribution in [3.05, 3.63) is 29.6 Å². The fourth-order valence-corrected chi connectivity index (χ4v) is 3.87.